The molecule has 0 amide bonds. The van der Waals surface area contributed by atoms with Crippen LogP contribution in [0.1, 0.15) is 26.2 Å². The topological polar surface area (TPSA) is 0 Å². The minimum Gasteiger partial charge on any atom is -0.0914 e. The van der Waals surface area contributed by atoms with Crippen LogP contribution in [0.2, 0.25) is 0 Å². The van der Waals surface area contributed by atoms with E-state index >= 15 is 0 Å². The zero-order valence-electron chi connectivity index (χ0n) is 7.16. The van der Waals surface area contributed by atoms with E-state index in [4.69, 9.17) is 0 Å². The summed E-state index contributed by atoms with van der Waals surface area (Å²) in [7, 11) is 0. The Kier molecular flexibility index (Phi) is 3.74. The van der Waals surface area contributed by atoms with Crippen LogP contribution in [0.15, 0.2) is 36.5 Å². The first-order valence-corrected chi connectivity index (χ1v) is 4.36. The molecule has 0 aromatic heterocycles. The van der Waals surface area contributed by atoms with E-state index in [2.05, 4.69) is 43.4 Å². The van der Waals surface area contributed by atoms with Crippen molar-refractivity contribution in [1.82, 2.24) is 0 Å². The van der Waals surface area contributed by atoms with Crippen LogP contribution in [0, 0.1) is 5.92 Å². The molecule has 0 aromatic rings. The van der Waals surface area contributed by atoms with E-state index in [1.165, 1.54) is 12.8 Å². The van der Waals surface area contributed by atoms with E-state index in [1.54, 1.807) is 0 Å². The Morgan fingerprint density at radius 2 is 1.73 bits per heavy atom. The van der Waals surface area contributed by atoms with Gasteiger partial charge < -0.3 is 0 Å². The van der Waals surface area contributed by atoms with Gasteiger partial charge in [-0.1, -0.05) is 36.5 Å². The Morgan fingerprint density at radius 3 is 2.27 bits per heavy atom. The van der Waals surface area contributed by atoms with E-state index in [9.17, 15) is 0 Å². The number of hydrogen-bond donors (Lipinski definition) is 0. The lowest BCUT2D eigenvalue weighted by Gasteiger charge is -2.07. The Hall–Kier alpha value is -0.780. The maximum atomic E-state index is 2.29. The molecule has 1 aliphatic rings. The van der Waals surface area contributed by atoms with Crippen molar-refractivity contribution < 1.29 is 0 Å². The molecule has 0 nitrogen and oxygen atoms in total. The van der Waals surface area contributed by atoms with Crippen molar-refractivity contribution in [2.75, 3.05) is 0 Å². The van der Waals surface area contributed by atoms with Crippen LogP contribution in [-0.4, -0.2) is 0 Å². The van der Waals surface area contributed by atoms with E-state index < -0.39 is 0 Å². The fourth-order valence-corrected chi connectivity index (χ4v) is 1.34. The Labute approximate surface area is 69.3 Å². The second-order valence-corrected chi connectivity index (χ2v) is 2.94. The average Bonchev–Trinajstić information content (AvgIpc) is 1.94. The molecule has 1 aliphatic carbocycles. The molecule has 0 unspecified atom stereocenters. The summed E-state index contributed by atoms with van der Waals surface area (Å²) in [4.78, 5) is 0. The Bertz CT molecular complexity index is 158. The summed E-state index contributed by atoms with van der Waals surface area (Å²) in [5.74, 6) is 0.729. The molecule has 0 heteroatoms. The molecule has 0 N–H and O–H groups in total. The zero-order chi connectivity index (χ0) is 7.94. The summed E-state index contributed by atoms with van der Waals surface area (Å²) >= 11 is 0. The highest BCUT2D eigenvalue weighted by Crippen LogP contribution is 2.14. The first kappa shape index (κ1) is 8.32. The smallest absolute Gasteiger partial charge is 0.0164 e. The molecule has 0 aliphatic heterocycles. The molecule has 0 fully saturated rings. The number of allylic oxidation sites excluding steroid dienone is 6. The lowest BCUT2D eigenvalue weighted by molar-refractivity contribution is 0.669. The molecular formula is C11H16. The van der Waals surface area contributed by atoms with E-state index in [1.807, 2.05) is 0 Å². The van der Waals surface area contributed by atoms with Crippen LogP contribution < -0.4 is 0 Å². The molecule has 0 radical (unpaired) electrons. The van der Waals surface area contributed by atoms with Crippen LogP contribution >= 0.6 is 0 Å². The largest absolute Gasteiger partial charge is 0.0914 e. The summed E-state index contributed by atoms with van der Waals surface area (Å²) in [6.45, 7) is 2.09. The normalized spacial score (nSPS) is 26.3. The molecule has 0 atom stereocenters. The van der Waals surface area contributed by atoms with E-state index in [0.717, 1.165) is 12.3 Å². The van der Waals surface area contributed by atoms with Gasteiger partial charge in [0.2, 0.25) is 0 Å². The summed E-state index contributed by atoms with van der Waals surface area (Å²) < 4.78 is 0. The first-order chi connectivity index (χ1) is 5.43. The second-order valence-electron chi connectivity index (χ2n) is 2.94. The van der Waals surface area contributed by atoms with Crippen molar-refractivity contribution in [2.45, 2.75) is 26.2 Å². The predicted octanol–water partition coefficient (Wildman–Crippen LogP) is 3.48. The summed E-state index contributed by atoms with van der Waals surface area (Å²) in [6, 6.07) is 0. The molecule has 0 bridgehead atoms. The lowest BCUT2D eigenvalue weighted by atomic mass is 9.98. The summed E-state index contributed by atoms with van der Waals surface area (Å²) in [5.41, 5.74) is 0. The Balaban J connectivity index is 2.46. The standard InChI is InChI=1S/C11H16/c1-2-8-11-9-6-4-3-5-7-10-11/h2,4-8,11H,3,9-10H2,1H3/b6-4-,7-5-,8-2+. The van der Waals surface area contributed by atoms with Crippen molar-refractivity contribution in [3.05, 3.63) is 36.5 Å². The average molecular weight is 148 g/mol. The SMILES string of the molecule is C/C=C/C1C/C=C\C/C=C\C1. The Morgan fingerprint density at radius 1 is 1.09 bits per heavy atom. The van der Waals surface area contributed by atoms with Crippen molar-refractivity contribution in [1.29, 1.82) is 0 Å². The van der Waals surface area contributed by atoms with Gasteiger partial charge >= 0.3 is 0 Å². The quantitative estimate of drug-likeness (QED) is 0.499. The molecule has 60 valence electrons. The first-order valence-electron chi connectivity index (χ1n) is 4.36. The van der Waals surface area contributed by atoms with Gasteiger partial charge in [-0.3, -0.25) is 0 Å². The molecule has 0 heterocycles. The summed E-state index contributed by atoms with van der Waals surface area (Å²) in [6.07, 6.45) is 17.0. The van der Waals surface area contributed by atoms with Gasteiger partial charge in [0.1, 0.15) is 0 Å². The molecule has 0 saturated heterocycles. The van der Waals surface area contributed by atoms with Crippen LogP contribution in [0.4, 0.5) is 0 Å². The third kappa shape index (κ3) is 3.22. The van der Waals surface area contributed by atoms with Crippen molar-refractivity contribution in [3.63, 3.8) is 0 Å². The van der Waals surface area contributed by atoms with Crippen LogP contribution in [0.25, 0.3) is 0 Å². The molecular weight excluding hydrogens is 132 g/mol. The van der Waals surface area contributed by atoms with Gasteiger partial charge in [0.15, 0.2) is 0 Å². The van der Waals surface area contributed by atoms with Crippen molar-refractivity contribution >= 4 is 0 Å². The molecule has 1 rings (SSSR count). The molecule has 0 spiro atoms. The third-order valence-electron chi connectivity index (χ3n) is 1.95. The maximum absolute atomic E-state index is 2.29. The molecule has 0 aromatic carbocycles. The highest BCUT2D eigenvalue weighted by atomic mass is 14.0. The van der Waals surface area contributed by atoms with Crippen LogP contribution in [0.5, 0.6) is 0 Å². The number of rotatable bonds is 1. The highest BCUT2D eigenvalue weighted by molar-refractivity contribution is 5.02. The number of hydrogen-bond acceptors (Lipinski definition) is 0. The van der Waals surface area contributed by atoms with Gasteiger partial charge in [-0.15, -0.1) is 0 Å². The van der Waals surface area contributed by atoms with Gasteiger partial charge in [0.05, 0.1) is 0 Å². The fraction of sp³-hybridized carbons (Fsp3) is 0.455. The monoisotopic (exact) mass is 148 g/mol. The van der Waals surface area contributed by atoms with Gasteiger partial charge in [-0.05, 0) is 32.1 Å². The zero-order valence-corrected chi connectivity index (χ0v) is 7.16. The van der Waals surface area contributed by atoms with Crippen LogP contribution in [0.3, 0.4) is 0 Å². The van der Waals surface area contributed by atoms with Crippen molar-refractivity contribution in [3.8, 4) is 0 Å². The molecule has 0 saturated carbocycles. The van der Waals surface area contributed by atoms with Gasteiger partial charge in [-0.25, -0.2) is 0 Å². The second kappa shape index (κ2) is 4.95. The fourth-order valence-electron chi connectivity index (χ4n) is 1.34. The maximum Gasteiger partial charge on any atom is -0.0164 e. The summed E-state index contributed by atoms with van der Waals surface area (Å²) in [5, 5.41) is 0. The lowest BCUT2D eigenvalue weighted by Crippen LogP contribution is -1.93. The third-order valence-corrected chi connectivity index (χ3v) is 1.95. The minimum atomic E-state index is 0.729. The van der Waals surface area contributed by atoms with Gasteiger partial charge in [0.25, 0.3) is 0 Å². The van der Waals surface area contributed by atoms with Gasteiger partial charge in [-0.2, -0.15) is 0 Å². The van der Waals surface area contributed by atoms with E-state index in [-0.39, 0.29) is 0 Å². The predicted molar refractivity (Wildman–Crippen MR) is 50.4 cm³/mol. The van der Waals surface area contributed by atoms with Crippen molar-refractivity contribution in [2.24, 2.45) is 5.92 Å². The molecule has 11 heavy (non-hydrogen) atoms. The van der Waals surface area contributed by atoms with E-state index in [0.29, 0.717) is 0 Å². The van der Waals surface area contributed by atoms with Crippen LogP contribution in [-0.2, 0) is 0 Å². The highest BCUT2D eigenvalue weighted by Gasteiger charge is 1.99. The van der Waals surface area contributed by atoms with Gasteiger partial charge in [0, 0.05) is 0 Å². The minimum absolute atomic E-state index is 0.729.